The van der Waals surface area contributed by atoms with Crippen molar-refractivity contribution in [2.75, 3.05) is 12.1 Å². The molecule has 2 heterocycles. The van der Waals surface area contributed by atoms with Gasteiger partial charge in [0.2, 0.25) is 5.13 Å². The molecule has 28 heavy (non-hydrogen) atoms. The van der Waals surface area contributed by atoms with Crippen molar-refractivity contribution in [3.8, 4) is 5.75 Å². The third-order valence-corrected chi connectivity index (χ3v) is 6.06. The molecule has 0 saturated heterocycles. The van der Waals surface area contributed by atoms with E-state index in [4.69, 9.17) is 9.47 Å². The first-order valence-corrected chi connectivity index (χ1v) is 10.2. The highest BCUT2D eigenvalue weighted by atomic mass is 32.2. The summed E-state index contributed by atoms with van der Waals surface area (Å²) in [7, 11) is 0. The van der Waals surface area contributed by atoms with E-state index in [0.29, 0.717) is 28.8 Å². The average Bonchev–Trinajstić information content (AvgIpc) is 3.15. The van der Waals surface area contributed by atoms with E-state index in [1.54, 1.807) is 6.07 Å². The Morgan fingerprint density at radius 1 is 1.29 bits per heavy atom. The number of fused-ring (bicyclic) bond motifs is 1. The third-order valence-electron chi connectivity index (χ3n) is 4.04. The van der Waals surface area contributed by atoms with Crippen LogP contribution in [-0.4, -0.2) is 21.9 Å². The molecule has 0 amide bonds. The number of non-ortho nitro benzene ring substituents is 1. The molecule has 0 radical (unpaired) electrons. The zero-order valence-electron chi connectivity index (χ0n) is 14.9. The number of benzene rings is 2. The van der Waals surface area contributed by atoms with Crippen molar-refractivity contribution in [3.05, 3.63) is 63.2 Å². The number of nitrogens with one attached hydrogen (secondary N) is 1. The lowest BCUT2D eigenvalue weighted by Gasteiger charge is -2.20. The first-order valence-electron chi connectivity index (χ1n) is 8.39. The Hall–Kier alpha value is -2.69. The highest BCUT2D eigenvalue weighted by molar-refractivity contribution is 8.00. The number of nitro groups is 1. The highest BCUT2D eigenvalue weighted by Crippen LogP contribution is 2.37. The normalized spacial score (nSPS) is 12.9. The molecule has 0 saturated carbocycles. The summed E-state index contributed by atoms with van der Waals surface area (Å²) in [6, 6.07) is 11.1. The van der Waals surface area contributed by atoms with Gasteiger partial charge in [-0.3, -0.25) is 10.1 Å². The number of ether oxygens (including phenoxy) is 2. The van der Waals surface area contributed by atoms with E-state index in [2.05, 4.69) is 15.5 Å². The summed E-state index contributed by atoms with van der Waals surface area (Å²) in [6.45, 7) is 2.48. The lowest BCUT2D eigenvalue weighted by atomic mass is 10.1. The fraction of sp³-hybridized carbons (Fsp3) is 0.222. The molecule has 0 unspecified atom stereocenters. The zero-order chi connectivity index (χ0) is 19.5. The van der Waals surface area contributed by atoms with Crippen LogP contribution in [0.5, 0.6) is 5.75 Å². The average molecular weight is 416 g/mol. The number of aryl methyl sites for hydroxylation is 1. The number of nitrogens with zero attached hydrogens (tertiary/aromatic N) is 3. The molecule has 1 aromatic heterocycles. The molecular formula is C18H16N4O4S2. The van der Waals surface area contributed by atoms with Crippen LogP contribution in [0.25, 0.3) is 0 Å². The SMILES string of the molecule is Cc1ccc(Nc2nnc(SCc3cc([N+](=O)[O-])cc4c3OCOC4)s2)cc1. The van der Waals surface area contributed by atoms with E-state index >= 15 is 0 Å². The van der Waals surface area contributed by atoms with Gasteiger partial charge in [-0.1, -0.05) is 40.8 Å². The van der Waals surface area contributed by atoms with Gasteiger partial charge in [0.05, 0.1) is 11.5 Å². The van der Waals surface area contributed by atoms with Gasteiger partial charge in [-0.2, -0.15) is 0 Å². The molecule has 4 rings (SSSR count). The molecule has 0 fully saturated rings. The molecule has 2 aromatic carbocycles. The van der Waals surface area contributed by atoms with Gasteiger partial charge in [0.15, 0.2) is 11.1 Å². The van der Waals surface area contributed by atoms with Crippen LogP contribution >= 0.6 is 23.1 Å². The van der Waals surface area contributed by atoms with E-state index in [0.717, 1.165) is 15.6 Å². The Labute approximate surface area is 169 Å². The Morgan fingerprint density at radius 2 is 2.11 bits per heavy atom. The smallest absolute Gasteiger partial charge is 0.270 e. The molecule has 10 heteroatoms. The minimum Gasteiger partial charge on any atom is -0.467 e. The summed E-state index contributed by atoms with van der Waals surface area (Å²) in [6.07, 6.45) is 0. The molecule has 1 aliphatic heterocycles. The fourth-order valence-corrected chi connectivity index (χ4v) is 4.45. The van der Waals surface area contributed by atoms with Crippen molar-refractivity contribution < 1.29 is 14.4 Å². The van der Waals surface area contributed by atoms with Crippen LogP contribution in [-0.2, 0) is 17.1 Å². The topological polar surface area (TPSA) is 99.4 Å². The zero-order valence-corrected chi connectivity index (χ0v) is 16.5. The van der Waals surface area contributed by atoms with Crippen molar-refractivity contribution in [2.24, 2.45) is 0 Å². The molecule has 8 nitrogen and oxygen atoms in total. The van der Waals surface area contributed by atoms with Crippen LogP contribution in [0.2, 0.25) is 0 Å². The Kier molecular flexibility index (Phi) is 5.42. The van der Waals surface area contributed by atoms with E-state index in [1.807, 2.05) is 31.2 Å². The summed E-state index contributed by atoms with van der Waals surface area (Å²) in [4.78, 5) is 10.8. The van der Waals surface area contributed by atoms with Gasteiger partial charge in [0.25, 0.3) is 5.69 Å². The minimum atomic E-state index is -0.405. The number of rotatable bonds is 6. The second kappa shape index (κ2) is 8.13. The maximum Gasteiger partial charge on any atom is 0.270 e. The number of aromatic nitrogens is 2. The summed E-state index contributed by atoms with van der Waals surface area (Å²) in [5.74, 6) is 1.15. The Balaban J connectivity index is 1.47. The Morgan fingerprint density at radius 3 is 2.89 bits per heavy atom. The number of nitro benzene ring substituents is 1. The van der Waals surface area contributed by atoms with Crippen LogP contribution in [0.15, 0.2) is 40.7 Å². The fourth-order valence-electron chi connectivity index (χ4n) is 2.71. The van der Waals surface area contributed by atoms with Gasteiger partial charge < -0.3 is 14.8 Å². The highest BCUT2D eigenvalue weighted by Gasteiger charge is 2.21. The van der Waals surface area contributed by atoms with E-state index < -0.39 is 4.92 Å². The Bertz CT molecular complexity index is 1010. The molecular weight excluding hydrogens is 400 g/mol. The first kappa shape index (κ1) is 18.7. The summed E-state index contributed by atoms with van der Waals surface area (Å²) < 4.78 is 11.6. The molecule has 0 bridgehead atoms. The molecule has 1 aliphatic rings. The van der Waals surface area contributed by atoms with Crippen LogP contribution < -0.4 is 10.1 Å². The van der Waals surface area contributed by atoms with Crippen LogP contribution in [0.1, 0.15) is 16.7 Å². The van der Waals surface area contributed by atoms with Crippen molar-refractivity contribution >= 4 is 39.6 Å². The molecule has 0 aliphatic carbocycles. The maximum atomic E-state index is 11.2. The first-order chi connectivity index (χ1) is 13.6. The van der Waals surface area contributed by atoms with Crippen molar-refractivity contribution in [1.82, 2.24) is 10.2 Å². The monoisotopic (exact) mass is 416 g/mol. The molecule has 3 aromatic rings. The standard InChI is InChI=1S/C18H16N4O4S2/c1-11-2-4-14(5-3-11)19-17-20-21-18(28-17)27-9-13-7-15(22(23)24)6-12-8-25-10-26-16(12)13/h2-7H,8-10H2,1H3,(H,19,20). The predicted octanol–water partition coefficient (Wildman–Crippen LogP) is 4.66. The lowest BCUT2D eigenvalue weighted by Crippen LogP contribution is -2.13. The number of thioether (sulfide) groups is 1. The largest absolute Gasteiger partial charge is 0.467 e. The second-order valence-corrected chi connectivity index (χ2v) is 8.31. The van der Waals surface area contributed by atoms with Crippen LogP contribution in [0.3, 0.4) is 0 Å². The number of anilines is 2. The maximum absolute atomic E-state index is 11.2. The van der Waals surface area contributed by atoms with E-state index in [1.165, 1.54) is 34.7 Å². The van der Waals surface area contributed by atoms with E-state index in [9.17, 15) is 10.1 Å². The van der Waals surface area contributed by atoms with E-state index in [-0.39, 0.29) is 12.5 Å². The van der Waals surface area contributed by atoms with Gasteiger partial charge in [-0.25, -0.2) is 0 Å². The van der Waals surface area contributed by atoms with Crippen molar-refractivity contribution in [3.63, 3.8) is 0 Å². The van der Waals surface area contributed by atoms with Crippen LogP contribution in [0, 0.1) is 17.0 Å². The van der Waals surface area contributed by atoms with Crippen LogP contribution in [0.4, 0.5) is 16.5 Å². The molecule has 144 valence electrons. The predicted molar refractivity (Wildman–Crippen MR) is 107 cm³/mol. The quantitative estimate of drug-likeness (QED) is 0.352. The van der Waals surface area contributed by atoms with Crippen molar-refractivity contribution in [2.45, 2.75) is 23.6 Å². The van der Waals surface area contributed by atoms with Crippen molar-refractivity contribution in [1.29, 1.82) is 0 Å². The summed E-state index contributed by atoms with van der Waals surface area (Å²) >= 11 is 2.89. The molecule has 0 spiro atoms. The number of hydrogen-bond acceptors (Lipinski definition) is 9. The molecule has 1 N–H and O–H groups in total. The van der Waals surface area contributed by atoms with Gasteiger partial charge in [-0.15, -0.1) is 10.2 Å². The van der Waals surface area contributed by atoms with Gasteiger partial charge >= 0.3 is 0 Å². The summed E-state index contributed by atoms with van der Waals surface area (Å²) in [5, 5.41) is 23.5. The van der Waals surface area contributed by atoms with Gasteiger partial charge in [0, 0.05) is 34.7 Å². The number of hydrogen-bond donors (Lipinski definition) is 1. The lowest BCUT2D eigenvalue weighted by molar-refractivity contribution is -0.385. The minimum absolute atomic E-state index is 0.0300. The van der Waals surface area contributed by atoms with Gasteiger partial charge in [-0.05, 0) is 19.1 Å². The molecule has 0 atom stereocenters. The third kappa shape index (κ3) is 4.24. The second-order valence-electron chi connectivity index (χ2n) is 6.11. The summed E-state index contributed by atoms with van der Waals surface area (Å²) in [5.41, 5.74) is 3.60. The van der Waals surface area contributed by atoms with Gasteiger partial charge in [0.1, 0.15) is 5.75 Å².